The fraction of sp³-hybridized carbons (Fsp3) is 0.455. The minimum atomic E-state index is -4.65. The van der Waals surface area contributed by atoms with Gasteiger partial charge in [0.15, 0.2) is 5.65 Å². The quantitative estimate of drug-likeness (QED) is 0.558. The van der Waals surface area contributed by atoms with Crippen molar-refractivity contribution in [2.24, 2.45) is 7.05 Å². The third-order valence-electron chi connectivity index (χ3n) is 6.53. The molecule has 0 aromatic carbocycles. The second-order valence-corrected chi connectivity index (χ2v) is 8.71. The Morgan fingerprint density at radius 3 is 2.86 bits per heavy atom. The zero-order chi connectivity index (χ0) is 25.6. The van der Waals surface area contributed by atoms with Crippen LogP contribution in [0.2, 0.25) is 0 Å². The van der Waals surface area contributed by atoms with E-state index in [1.165, 1.54) is 19.1 Å². The van der Waals surface area contributed by atoms with E-state index in [-0.39, 0.29) is 25.3 Å². The second kappa shape index (κ2) is 9.00. The van der Waals surface area contributed by atoms with Crippen LogP contribution in [-0.2, 0) is 18.0 Å². The molecule has 0 bridgehead atoms. The molecule has 2 fully saturated rings. The fourth-order valence-corrected chi connectivity index (χ4v) is 4.72. The van der Waals surface area contributed by atoms with E-state index in [1.54, 1.807) is 6.20 Å². The summed E-state index contributed by atoms with van der Waals surface area (Å²) in [5, 5.41) is 10.0. The van der Waals surface area contributed by atoms with Gasteiger partial charge in [0.1, 0.15) is 5.69 Å². The summed E-state index contributed by atoms with van der Waals surface area (Å²) in [6, 6.07) is 1.64. The second-order valence-electron chi connectivity index (χ2n) is 8.71. The number of nitrogens with zero attached hydrogens (tertiary/aromatic N) is 5. The summed E-state index contributed by atoms with van der Waals surface area (Å²) in [6.07, 6.45) is -2.01. The number of carbonyl (C=O) groups is 1. The number of urea groups is 1. The number of nitrogens with one attached hydrogen (secondary N) is 2. The number of pyridine rings is 2. The summed E-state index contributed by atoms with van der Waals surface area (Å²) in [6.45, 7) is 1.59. The number of methoxy groups -OCH3 is 1. The van der Waals surface area contributed by atoms with Crippen LogP contribution in [0, 0.1) is 0 Å². The highest BCUT2D eigenvalue weighted by molar-refractivity contribution is 5.89. The van der Waals surface area contributed by atoms with E-state index in [9.17, 15) is 22.8 Å². The first-order valence-electron chi connectivity index (χ1n) is 11.3. The number of morpholine rings is 1. The van der Waals surface area contributed by atoms with Gasteiger partial charge >= 0.3 is 12.2 Å². The molecule has 2 amide bonds. The van der Waals surface area contributed by atoms with E-state index >= 15 is 0 Å². The molecule has 11 nitrogen and oxygen atoms in total. The number of hydrogen-bond donors (Lipinski definition) is 2. The molecule has 0 spiro atoms. The van der Waals surface area contributed by atoms with Gasteiger partial charge in [0.2, 0.25) is 5.88 Å². The molecule has 2 aliphatic heterocycles. The van der Waals surface area contributed by atoms with Crippen LogP contribution in [0.3, 0.4) is 0 Å². The van der Waals surface area contributed by atoms with Crippen molar-refractivity contribution in [1.29, 1.82) is 0 Å². The average Bonchev–Trinajstić information content (AvgIpc) is 3.27. The first kappa shape index (κ1) is 23.9. The zero-order valence-electron chi connectivity index (χ0n) is 19.5. The van der Waals surface area contributed by atoms with Crippen LogP contribution in [0.25, 0.3) is 11.0 Å². The van der Waals surface area contributed by atoms with Gasteiger partial charge in [-0.3, -0.25) is 9.89 Å². The van der Waals surface area contributed by atoms with Crippen LogP contribution in [0.5, 0.6) is 5.88 Å². The number of rotatable bonds is 3. The van der Waals surface area contributed by atoms with Crippen LogP contribution in [0.15, 0.2) is 29.3 Å². The highest BCUT2D eigenvalue weighted by Gasteiger charge is 2.40. The van der Waals surface area contributed by atoms with Crippen molar-refractivity contribution in [1.82, 2.24) is 24.6 Å². The number of aromatic nitrogens is 4. The van der Waals surface area contributed by atoms with Crippen LogP contribution >= 0.6 is 0 Å². The van der Waals surface area contributed by atoms with Gasteiger partial charge < -0.3 is 29.2 Å². The van der Waals surface area contributed by atoms with Crippen molar-refractivity contribution in [3.8, 4) is 5.88 Å². The molecule has 36 heavy (non-hydrogen) atoms. The molecule has 0 unspecified atom stereocenters. The minimum Gasteiger partial charge on any atom is -0.479 e. The summed E-state index contributed by atoms with van der Waals surface area (Å²) >= 11 is 0. The van der Waals surface area contributed by atoms with Gasteiger partial charge in [-0.2, -0.15) is 13.2 Å². The third kappa shape index (κ3) is 4.32. The number of hydrogen-bond acceptors (Lipinski definition) is 7. The molecular weight excluding hydrogens is 483 g/mol. The van der Waals surface area contributed by atoms with E-state index in [1.807, 2.05) is 6.07 Å². The number of piperidine rings is 1. The number of fused-ring (bicyclic) bond motifs is 2. The predicted octanol–water partition coefficient (Wildman–Crippen LogP) is 2.20. The Balaban J connectivity index is 1.32. The molecule has 0 aliphatic carbocycles. The Hall–Kier alpha value is -3.81. The highest BCUT2D eigenvalue weighted by atomic mass is 19.4. The summed E-state index contributed by atoms with van der Waals surface area (Å²) in [4.78, 5) is 33.5. The molecule has 5 heterocycles. The molecular formula is C22H24F3N7O4. The Morgan fingerprint density at radius 1 is 1.31 bits per heavy atom. The topological polar surface area (TPSA) is 118 Å². The number of ether oxygens (including phenoxy) is 2. The Morgan fingerprint density at radius 2 is 2.11 bits per heavy atom. The normalized spacial score (nSPS) is 20.4. The highest BCUT2D eigenvalue weighted by Crippen LogP contribution is 2.32. The van der Waals surface area contributed by atoms with Gasteiger partial charge in [-0.15, -0.1) is 5.10 Å². The van der Waals surface area contributed by atoms with Crippen LogP contribution in [0.4, 0.5) is 29.3 Å². The van der Waals surface area contributed by atoms with Crippen LogP contribution in [0.1, 0.15) is 12.0 Å². The molecule has 14 heteroatoms. The monoisotopic (exact) mass is 507 g/mol. The van der Waals surface area contributed by atoms with E-state index in [0.29, 0.717) is 43.3 Å². The standard InChI is InChI=1S/C22H24F3N7O4/c1-30-10-12(22(23,24)25)7-15(20(30)33)27-21(34)32-5-6-36-17-11-31(4-3-16(17)32)13-8-14-18(26-9-13)28-29-19(14)35-2/h7-10,16-17H,3-6,11H2,1-2H3,(H,27,34)(H,26,28,29)/t16-,17-/m0/s1. The maximum absolute atomic E-state index is 13.2. The molecule has 192 valence electrons. The number of carbonyl (C=O) groups excluding carboxylic acids is 1. The van der Waals surface area contributed by atoms with Gasteiger partial charge in [-0.25, -0.2) is 9.78 Å². The summed E-state index contributed by atoms with van der Waals surface area (Å²) in [7, 11) is 2.73. The summed E-state index contributed by atoms with van der Waals surface area (Å²) < 4.78 is 51.6. The molecule has 2 N–H and O–H groups in total. The molecule has 3 aromatic rings. The maximum atomic E-state index is 13.2. The van der Waals surface area contributed by atoms with Crippen molar-refractivity contribution in [3.63, 3.8) is 0 Å². The summed E-state index contributed by atoms with van der Waals surface area (Å²) in [5.41, 5.74) is -0.728. The van der Waals surface area contributed by atoms with Gasteiger partial charge in [0.05, 0.1) is 48.7 Å². The largest absolute Gasteiger partial charge is 0.479 e. The first-order valence-corrected chi connectivity index (χ1v) is 11.3. The number of anilines is 2. The lowest BCUT2D eigenvalue weighted by Gasteiger charge is -2.47. The van der Waals surface area contributed by atoms with Crippen LogP contribution < -0.4 is 20.5 Å². The Kier molecular flexibility index (Phi) is 5.98. The number of aromatic amines is 1. The molecule has 3 aromatic heterocycles. The van der Waals surface area contributed by atoms with Gasteiger partial charge in [0, 0.05) is 32.9 Å². The van der Waals surface area contributed by atoms with Crippen molar-refractivity contribution in [3.05, 3.63) is 40.4 Å². The third-order valence-corrected chi connectivity index (χ3v) is 6.53. The van der Waals surface area contributed by atoms with E-state index in [4.69, 9.17) is 9.47 Å². The van der Waals surface area contributed by atoms with E-state index in [2.05, 4.69) is 25.4 Å². The molecule has 2 aliphatic rings. The molecule has 2 atom stereocenters. The fourth-order valence-electron chi connectivity index (χ4n) is 4.72. The number of alkyl halides is 3. The predicted molar refractivity (Wildman–Crippen MR) is 123 cm³/mol. The summed E-state index contributed by atoms with van der Waals surface area (Å²) in [5.74, 6) is 0.437. The molecule has 0 radical (unpaired) electrons. The average molecular weight is 507 g/mol. The zero-order valence-corrected chi connectivity index (χ0v) is 19.5. The minimum absolute atomic E-state index is 0.256. The van der Waals surface area contributed by atoms with Crippen molar-refractivity contribution in [2.75, 3.05) is 43.6 Å². The van der Waals surface area contributed by atoms with Gasteiger partial charge in [0.25, 0.3) is 5.56 Å². The molecule has 5 rings (SSSR count). The first-order chi connectivity index (χ1) is 17.2. The molecule has 0 saturated carbocycles. The smallest absolute Gasteiger partial charge is 0.417 e. The van der Waals surface area contributed by atoms with E-state index in [0.717, 1.165) is 15.6 Å². The van der Waals surface area contributed by atoms with E-state index < -0.39 is 29.0 Å². The Labute approximate surface area is 202 Å². The molecule has 2 saturated heterocycles. The number of H-pyrrole nitrogens is 1. The van der Waals surface area contributed by atoms with Crippen LogP contribution in [-0.4, -0.2) is 76.2 Å². The lowest BCUT2D eigenvalue weighted by Crippen LogP contribution is -2.61. The number of amides is 2. The Bertz CT molecular complexity index is 1360. The lowest BCUT2D eigenvalue weighted by molar-refractivity contribution is -0.138. The van der Waals surface area contributed by atoms with Gasteiger partial charge in [-0.05, 0) is 18.6 Å². The lowest BCUT2D eigenvalue weighted by atomic mass is 9.98. The SMILES string of the molecule is COc1n[nH]c2ncc(N3CC[C@H]4[C@H](C3)OCCN4C(=O)Nc3cc(C(F)(F)F)cn(C)c3=O)cc12. The maximum Gasteiger partial charge on any atom is 0.417 e. The number of halogens is 3. The number of aryl methyl sites for hydroxylation is 1. The van der Waals surface area contributed by atoms with Crippen molar-refractivity contribution < 1.29 is 27.4 Å². The van der Waals surface area contributed by atoms with Crippen molar-refractivity contribution >= 4 is 28.4 Å². The van der Waals surface area contributed by atoms with Crippen molar-refractivity contribution in [2.45, 2.75) is 24.7 Å². The van der Waals surface area contributed by atoms with Gasteiger partial charge in [-0.1, -0.05) is 0 Å².